The third-order valence-electron chi connectivity index (χ3n) is 5.01. The van der Waals surface area contributed by atoms with Crippen molar-refractivity contribution >= 4 is 22.6 Å². The highest BCUT2D eigenvalue weighted by molar-refractivity contribution is 6.04. The lowest BCUT2D eigenvalue weighted by Gasteiger charge is -2.28. The number of hydrogen-bond donors (Lipinski definition) is 0. The van der Waals surface area contributed by atoms with Crippen molar-refractivity contribution < 1.29 is 9.53 Å². The maximum atomic E-state index is 12.2. The lowest BCUT2D eigenvalue weighted by molar-refractivity contribution is 0.0603. The topological polar surface area (TPSA) is 42.4 Å². The predicted octanol–water partition coefficient (Wildman–Crippen LogP) is 4.68. The number of carbonyl (C=O) groups excluding carboxylic acids is 1. The van der Waals surface area contributed by atoms with E-state index in [-0.39, 0.29) is 5.97 Å². The van der Waals surface area contributed by atoms with Gasteiger partial charge >= 0.3 is 5.97 Å². The highest BCUT2D eigenvalue weighted by Gasteiger charge is 2.15. The fourth-order valence-electron chi connectivity index (χ4n) is 3.60. The Bertz CT molecular complexity index is 929. The van der Waals surface area contributed by atoms with Crippen molar-refractivity contribution in [3.63, 3.8) is 0 Å². The Morgan fingerprint density at radius 3 is 2.46 bits per heavy atom. The van der Waals surface area contributed by atoms with Crippen LogP contribution in [0.4, 0.5) is 5.69 Å². The first-order valence-electron chi connectivity index (χ1n) is 9.10. The van der Waals surface area contributed by atoms with E-state index in [1.54, 1.807) is 0 Å². The van der Waals surface area contributed by atoms with E-state index >= 15 is 0 Å². The monoisotopic (exact) mass is 346 g/mol. The molecule has 0 saturated carbocycles. The van der Waals surface area contributed by atoms with Crippen molar-refractivity contribution in [1.82, 2.24) is 4.98 Å². The van der Waals surface area contributed by atoms with Crippen LogP contribution in [0.1, 0.15) is 29.6 Å². The lowest BCUT2D eigenvalue weighted by atomic mass is 10.0. The van der Waals surface area contributed by atoms with Crippen LogP contribution in [0.3, 0.4) is 0 Å². The van der Waals surface area contributed by atoms with Crippen LogP contribution in [0.5, 0.6) is 0 Å². The molecule has 0 bridgehead atoms. The number of ether oxygens (including phenoxy) is 1. The molecule has 0 atom stereocenters. The number of nitrogens with zero attached hydrogens (tertiary/aromatic N) is 2. The smallest absolute Gasteiger partial charge is 0.338 e. The Hall–Kier alpha value is -2.88. The van der Waals surface area contributed by atoms with E-state index in [9.17, 15) is 4.79 Å². The van der Waals surface area contributed by atoms with Crippen LogP contribution in [0, 0.1) is 0 Å². The zero-order valence-corrected chi connectivity index (χ0v) is 14.9. The molecule has 2 aromatic carbocycles. The van der Waals surface area contributed by atoms with Crippen LogP contribution in [-0.2, 0) is 4.74 Å². The van der Waals surface area contributed by atoms with Gasteiger partial charge < -0.3 is 9.64 Å². The molecule has 0 amide bonds. The van der Waals surface area contributed by atoms with Gasteiger partial charge in [0.15, 0.2) is 0 Å². The number of esters is 1. The van der Waals surface area contributed by atoms with E-state index < -0.39 is 0 Å². The molecule has 3 aromatic rings. The van der Waals surface area contributed by atoms with Crippen molar-refractivity contribution in [3.8, 4) is 11.3 Å². The molecule has 4 rings (SSSR count). The molecule has 0 radical (unpaired) electrons. The first kappa shape index (κ1) is 16.6. The highest BCUT2D eigenvalue weighted by atomic mass is 16.5. The molecule has 2 heterocycles. The van der Waals surface area contributed by atoms with E-state index in [0.29, 0.717) is 5.56 Å². The minimum atomic E-state index is -0.338. The lowest BCUT2D eigenvalue weighted by Crippen LogP contribution is -2.29. The molecule has 1 aliphatic rings. The zero-order chi connectivity index (χ0) is 17.9. The molecule has 1 aliphatic heterocycles. The number of pyridine rings is 1. The van der Waals surface area contributed by atoms with Gasteiger partial charge in [-0.3, -0.25) is 0 Å². The summed E-state index contributed by atoms with van der Waals surface area (Å²) in [6.45, 7) is 2.25. The van der Waals surface area contributed by atoms with Gasteiger partial charge in [0.05, 0.1) is 23.9 Å². The van der Waals surface area contributed by atoms with Gasteiger partial charge in [-0.15, -0.1) is 0 Å². The molecule has 0 unspecified atom stereocenters. The van der Waals surface area contributed by atoms with Gasteiger partial charge in [-0.05, 0) is 43.5 Å². The van der Waals surface area contributed by atoms with Gasteiger partial charge in [0.25, 0.3) is 0 Å². The summed E-state index contributed by atoms with van der Waals surface area (Å²) in [4.78, 5) is 19.4. The number of piperidine rings is 1. The SMILES string of the molecule is COC(=O)c1cc(-c2ccc(N3CCCCC3)cc2)nc2ccccc12. The molecule has 1 fully saturated rings. The average molecular weight is 346 g/mol. The van der Waals surface area contributed by atoms with Crippen molar-refractivity contribution in [2.45, 2.75) is 19.3 Å². The minimum Gasteiger partial charge on any atom is -0.465 e. The maximum Gasteiger partial charge on any atom is 0.338 e. The van der Waals surface area contributed by atoms with E-state index in [2.05, 4.69) is 29.2 Å². The summed E-state index contributed by atoms with van der Waals surface area (Å²) in [5.41, 5.74) is 4.39. The van der Waals surface area contributed by atoms with Crippen molar-refractivity contribution in [1.29, 1.82) is 0 Å². The molecule has 0 spiro atoms. The van der Waals surface area contributed by atoms with E-state index in [0.717, 1.165) is 35.2 Å². The van der Waals surface area contributed by atoms with Crippen LogP contribution >= 0.6 is 0 Å². The molecular weight excluding hydrogens is 324 g/mol. The quantitative estimate of drug-likeness (QED) is 0.646. The molecule has 4 heteroatoms. The van der Waals surface area contributed by atoms with Gasteiger partial charge in [-0.25, -0.2) is 9.78 Å². The van der Waals surface area contributed by atoms with Crippen LogP contribution < -0.4 is 4.90 Å². The number of rotatable bonds is 3. The van der Waals surface area contributed by atoms with Crippen LogP contribution in [0.15, 0.2) is 54.6 Å². The van der Waals surface area contributed by atoms with Gasteiger partial charge in [0.1, 0.15) is 0 Å². The summed E-state index contributed by atoms with van der Waals surface area (Å²) in [5, 5.41) is 0.813. The second-order valence-corrected chi connectivity index (χ2v) is 6.66. The molecule has 1 saturated heterocycles. The second kappa shape index (κ2) is 7.16. The Morgan fingerprint density at radius 2 is 1.73 bits per heavy atom. The second-order valence-electron chi connectivity index (χ2n) is 6.66. The van der Waals surface area contributed by atoms with Gasteiger partial charge in [-0.2, -0.15) is 0 Å². The third-order valence-corrected chi connectivity index (χ3v) is 5.01. The van der Waals surface area contributed by atoms with Crippen LogP contribution in [0.25, 0.3) is 22.2 Å². The number of benzene rings is 2. The standard InChI is InChI=1S/C22H22N2O2/c1-26-22(25)19-15-21(23-20-8-4-3-7-18(19)20)16-9-11-17(12-10-16)24-13-5-2-6-14-24/h3-4,7-12,15H,2,5-6,13-14H2,1H3. The maximum absolute atomic E-state index is 12.2. The van der Waals surface area contributed by atoms with Crippen molar-refractivity contribution in [2.75, 3.05) is 25.1 Å². The van der Waals surface area contributed by atoms with E-state index in [1.807, 2.05) is 30.3 Å². The molecule has 0 N–H and O–H groups in total. The predicted molar refractivity (Wildman–Crippen MR) is 105 cm³/mol. The third kappa shape index (κ3) is 3.15. The van der Waals surface area contributed by atoms with Gasteiger partial charge in [0.2, 0.25) is 0 Å². The highest BCUT2D eigenvalue weighted by Crippen LogP contribution is 2.28. The summed E-state index contributed by atoms with van der Waals surface area (Å²) in [7, 11) is 1.41. The molecular formula is C22H22N2O2. The molecule has 1 aromatic heterocycles. The Morgan fingerprint density at radius 1 is 1.00 bits per heavy atom. The number of carbonyl (C=O) groups is 1. The zero-order valence-electron chi connectivity index (χ0n) is 14.9. The molecule has 4 nitrogen and oxygen atoms in total. The summed E-state index contributed by atoms with van der Waals surface area (Å²) in [6, 6.07) is 18.0. The van der Waals surface area contributed by atoms with Crippen LogP contribution in [0.2, 0.25) is 0 Å². The number of hydrogen-bond acceptors (Lipinski definition) is 4. The first-order valence-corrected chi connectivity index (χ1v) is 9.10. The molecule has 26 heavy (non-hydrogen) atoms. The number of anilines is 1. The minimum absolute atomic E-state index is 0.338. The fraction of sp³-hybridized carbons (Fsp3) is 0.273. The van der Waals surface area contributed by atoms with E-state index in [4.69, 9.17) is 9.72 Å². The van der Waals surface area contributed by atoms with Gasteiger partial charge in [0, 0.05) is 29.7 Å². The van der Waals surface area contributed by atoms with Crippen LogP contribution in [-0.4, -0.2) is 31.2 Å². The van der Waals surface area contributed by atoms with Gasteiger partial charge in [-0.1, -0.05) is 30.3 Å². The summed E-state index contributed by atoms with van der Waals surface area (Å²) >= 11 is 0. The molecule has 132 valence electrons. The summed E-state index contributed by atoms with van der Waals surface area (Å²) in [6.07, 6.45) is 3.85. The van der Waals surface area contributed by atoms with Crippen molar-refractivity contribution in [2.24, 2.45) is 0 Å². The number of methoxy groups -OCH3 is 1. The Balaban J connectivity index is 1.73. The number of fused-ring (bicyclic) bond motifs is 1. The molecule has 0 aliphatic carbocycles. The summed E-state index contributed by atoms with van der Waals surface area (Å²) in [5.74, 6) is -0.338. The Kier molecular flexibility index (Phi) is 4.57. The van der Waals surface area contributed by atoms with Crippen molar-refractivity contribution in [3.05, 3.63) is 60.2 Å². The normalized spacial score (nSPS) is 14.4. The number of aromatic nitrogens is 1. The first-order chi connectivity index (χ1) is 12.8. The largest absolute Gasteiger partial charge is 0.465 e. The average Bonchev–Trinajstić information content (AvgIpc) is 2.73. The fourth-order valence-corrected chi connectivity index (χ4v) is 3.60. The number of para-hydroxylation sites is 1. The summed E-state index contributed by atoms with van der Waals surface area (Å²) < 4.78 is 4.96. The Labute approximate surface area is 153 Å². The van der Waals surface area contributed by atoms with E-state index in [1.165, 1.54) is 32.1 Å².